The molecule has 0 aliphatic carbocycles. The summed E-state index contributed by atoms with van der Waals surface area (Å²) in [5.74, 6) is -1.86. The molecule has 2 atom stereocenters. The number of aliphatic hydroxyl groups excluding tert-OH is 1. The van der Waals surface area contributed by atoms with Gasteiger partial charge in [-0.05, 0) is 28.8 Å². The molecule has 5 rings (SSSR count). The van der Waals surface area contributed by atoms with Crippen molar-refractivity contribution in [3.63, 3.8) is 0 Å². The number of methoxy groups -OCH3 is 2. The molecule has 0 spiro atoms. The standard InChI is InChI=1S/C32H34N2O5/c1-37-32(38-2)29(35)22-28(34(32)30(36)23-33-20-12-13-21-33)24-39-31(25-14-6-3-7-15-25,26-16-8-4-9-17-26)27-18-10-5-11-19-27/h3-21,28-29,35H,22-24H2,1-2H3. The lowest BCUT2D eigenvalue weighted by Gasteiger charge is -2.41. The zero-order valence-electron chi connectivity index (χ0n) is 22.2. The van der Waals surface area contributed by atoms with Gasteiger partial charge in [0, 0.05) is 33.0 Å². The molecule has 7 nitrogen and oxygen atoms in total. The predicted molar refractivity (Wildman–Crippen MR) is 148 cm³/mol. The molecular weight excluding hydrogens is 492 g/mol. The second-order valence-corrected chi connectivity index (χ2v) is 9.65. The van der Waals surface area contributed by atoms with E-state index in [0.29, 0.717) is 0 Å². The van der Waals surface area contributed by atoms with Crippen LogP contribution in [0.2, 0.25) is 0 Å². The highest BCUT2D eigenvalue weighted by molar-refractivity contribution is 5.77. The van der Waals surface area contributed by atoms with Crippen LogP contribution in [-0.2, 0) is 31.2 Å². The molecule has 1 aliphatic heterocycles. The summed E-state index contributed by atoms with van der Waals surface area (Å²) >= 11 is 0. The summed E-state index contributed by atoms with van der Waals surface area (Å²) in [4.78, 5) is 15.2. The van der Waals surface area contributed by atoms with Crippen LogP contribution in [0.3, 0.4) is 0 Å². The highest BCUT2D eigenvalue weighted by Gasteiger charge is 2.57. The van der Waals surface area contributed by atoms with Gasteiger partial charge in [-0.25, -0.2) is 0 Å². The number of nitrogens with zero attached hydrogens (tertiary/aromatic N) is 2. The second-order valence-electron chi connectivity index (χ2n) is 9.65. The van der Waals surface area contributed by atoms with E-state index < -0.39 is 23.7 Å². The minimum absolute atomic E-state index is 0.0753. The number of amides is 1. The van der Waals surface area contributed by atoms with Crippen LogP contribution in [0.1, 0.15) is 23.1 Å². The molecule has 1 N–H and O–H groups in total. The normalized spacial score (nSPS) is 18.8. The first-order valence-electron chi connectivity index (χ1n) is 13.1. The molecule has 0 bridgehead atoms. The van der Waals surface area contributed by atoms with Gasteiger partial charge in [0.05, 0.1) is 12.6 Å². The number of carbonyl (C=O) groups is 1. The van der Waals surface area contributed by atoms with E-state index in [9.17, 15) is 9.90 Å². The van der Waals surface area contributed by atoms with Gasteiger partial charge in [0.25, 0.3) is 5.91 Å². The van der Waals surface area contributed by atoms with Crippen LogP contribution in [0.15, 0.2) is 116 Å². The summed E-state index contributed by atoms with van der Waals surface area (Å²) < 4.78 is 20.2. The van der Waals surface area contributed by atoms with E-state index in [0.717, 1.165) is 16.7 Å². The molecule has 7 heteroatoms. The van der Waals surface area contributed by atoms with Crippen molar-refractivity contribution < 1.29 is 24.1 Å². The minimum atomic E-state index is -1.62. The van der Waals surface area contributed by atoms with Crippen LogP contribution in [0.25, 0.3) is 0 Å². The lowest BCUT2D eigenvalue weighted by atomic mass is 9.80. The molecule has 1 aliphatic rings. The lowest BCUT2D eigenvalue weighted by molar-refractivity contribution is -0.310. The molecule has 1 aromatic heterocycles. The third kappa shape index (κ3) is 4.90. The van der Waals surface area contributed by atoms with Crippen molar-refractivity contribution >= 4 is 5.91 Å². The molecule has 2 heterocycles. The Bertz CT molecular complexity index is 1230. The molecule has 2 unspecified atom stereocenters. The zero-order valence-corrected chi connectivity index (χ0v) is 22.2. The summed E-state index contributed by atoms with van der Waals surface area (Å²) in [7, 11) is 2.88. The number of ether oxygens (including phenoxy) is 3. The molecule has 4 aromatic rings. The van der Waals surface area contributed by atoms with E-state index in [4.69, 9.17) is 14.2 Å². The second kappa shape index (κ2) is 11.6. The molecular formula is C32H34N2O5. The summed E-state index contributed by atoms with van der Waals surface area (Å²) in [5, 5.41) is 11.1. The number of carbonyl (C=O) groups excluding carboxylic acids is 1. The summed E-state index contributed by atoms with van der Waals surface area (Å²) in [5.41, 5.74) is 1.90. The maximum absolute atomic E-state index is 13.7. The fourth-order valence-corrected chi connectivity index (χ4v) is 5.70. The van der Waals surface area contributed by atoms with E-state index in [1.54, 1.807) is 4.57 Å². The average molecular weight is 527 g/mol. The van der Waals surface area contributed by atoms with Crippen LogP contribution >= 0.6 is 0 Å². The van der Waals surface area contributed by atoms with E-state index in [2.05, 4.69) is 0 Å². The van der Waals surface area contributed by atoms with Crippen molar-refractivity contribution in [2.75, 3.05) is 20.8 Å². The molecule has 39 heavy (non-hydrogen) atoms. The van der Waals surface area contributed by atoms with Gasteiger partial charge < -0.3 is 23.9 Å². The van der Waals surface area contributed by atoms with E-state index >= 15 is 0 Å². The first-order chi connectivity index (χ1) is 19.0. The number of rotatable bonds is 10. The SMILES string of the molecule is COC1(OC)C(O)CC(COC(c2ccccc2)(c2ccccc2)c2ccccc2)N1C(=O)Cn1cccc1. The average Bonchev–Trinajstić information content (AvgIpc) is 3.60. The van der Waals surface area contributed by atoms with Gasteiger partial charge >= 0.3 is 0 Å². The van der Waals surface area contributed by atoms with Crippen molar-refractivity contribution in [3.8, 4) is 0 Å². The van der Waals surface area contributed by atoms with Gasteiger partial charge in [0.2, 0.25) is 5.91 Å². The molecule has 3 aromatic carbocycles. The summed E-state index contributed by atoms with van der Waals surface area (Å²) in [6, 6.07) is 33.4. The van der Waals surface area contributed by atoms with Crippen molar-refractivity contribution in [2.24, 2.45) is 0 Å². The molecule has 1 fully saturated rings. The van der Waals surface area contributed by atoms with Crippen molar-refractivity contribution in [1.29, 1.82) is 0 Å². The monoisotopic (exact) mass is 526 g/mol. The van der Waals surface area contributed by atoms with Gasteiger partial charge in [-0.1, -0.05) is 91.0 Å². The number of hydrogen-bond acceptors (Lipinski definition) is 5. The number of likely N-dealkylation sites (tertiary alicyclic amines) is 1. The topological polar surface area (TPSA) is 73.2 Å². The molecule has 0 saturated carbocycles. The summed E-state index contributed by atoms with van der Waals surface area (Å²) in [6.07, 6.45) is 2.81. The van der Waals surface area contributed by atoms with Gasteiger partial charge in [-0.2, -0.15) is 0 Å². The van der Waals surface area contributed by atoms with Crippen molar-refractivity contribution in [3.05, 3.63) is 132 Å². The third-order valence-corrected chi connectivity index (χ3v) is 7.49. The largest absolute Gasteiger partial charge is 0.385 e. The van der Waals surface area contributed by atoms with Crippen LogP contribution in [0, 0.1) is 0 Å². The van der Waals surface area contributed by atoms with E-state index in [1.165, 1.54) is 19.1 Å². The van der Waals surface area contributed by atoms with Gasteiger partial charge in [0.1, 0.15) is 18.2 Å². The molecule has 1 amide bonds. The third-order valence-electron chi connectivity index (χ3n) is 7.49. The maximum Gasteiger partial charge on any atom is 0.281 e. The van der Waals surface area contributed by atoms with Gasteiger partial charge in [0.15, 0.2) is 0 Å². The number of benzene rings is 3. The Kier molecular flexibility index (Phi) is 7.95. The Morgan fingerprint density at radius 1 is 0.821 bits per heavy atom. The number of hydrogen-bond donors (Lipinski definition) is 1. The van der Waals surface area contributed by atoms with Crippen molar-refractivity contribution in [2.45, 2.75) is 36.6 Å². The highest BCUT2D eigenvalue weighted by Crippen LogP contribution is 2.43. The van der Waals surface area contributed by atoms with Gasteiger partial charge in [-0.15, -0.1) is 0 Å². The lowest BCUT2D eigenvalue weighted by Crippen LogP contribution is -2.59. The highest BCUT2D eigenvalue weighted by atomic mass is 16.7. The van der Waals surface area contributed by atoms with Crippen LogP contribution in [0.4, 0.5) is 0 Å². The first-order valence-corrected chi connectivity index (χ1v) is 13.1. The zero-order chi connectivity index (χ0) is 27.3. The smallest absolute Gasteiger partial charge is 0.281 e. The van der Waals surface area contributed by atoms with Crippen molar-refractivity contribution in [1.82, 2.24) is 9.47 Å². The molecule has 0 radical (unpaired) electrons. The summed E-state index contributed by atoms with van der Waals surface area (Å²) in [6.45, 7) is 0.202. The molecule has 1 saturated heterocycles. The van der Waals surface area contributed by atoms with E-state index in [1.807, 2.05) is 116 Å². The quantitative estimate of drug-likeness (QED) is 0.245. The predicted octanol–water partition coefficient (Wildman–Crippen LogP) is 4.41. The van der Waals surface area contributed by atoms with Crippen LogP contribution in [-0.4, -0.2) is 59.4 Å². The minimum Gasteiger partial charge on any atom is -0.385 e. The van der Waals surface area contributed by atoms with Gasteiger partial charge in [-0.3, -0.25) is 9.69 Å². The number of aromatic nitrogens is 1. The Morgan fingerprint density at radius 2 is 1.28 bits per heavy atom. The Morgan fingerprint density at radius 3 is 1.72 bits per heavy atom. The fourth-order valence-electron chi connectivity index (χ4n) is 5.70. The first kappa shape index (κ1) is 26.8. The van der Waals surface area contributed by atoms with Crippen LogP contribution in [0.5, 0.6) is 0 Å². The number of aliphatic hydroxyl groups is 1. The maximum atomic E-state index is 13.7. The van der Waals surface area contributed by atoms with Crippen LogP contribution < -0.4 is 0 Å². The Hall–Kier alpha value is -3.75. The Labute approximate surface area is 229 Å². The molecule has 202 valence electrons. The fraction of sp³-hybridized carbons (Fsp3) is 0.281. The Balaban J connectivity index is 1.56. The van der Waals surface area contributed by atoms with E-state index in [-0.39, 0.29) is 25.5 Å².